The molecule has 0 unspecified atom stereocenters. The standard InChI is InChI=1S/C43H52F26O2S2/c1-3-4-5-6-7-8-9-10-11-12-13-14-15-16-17-18-30(70)71-31-28(25-72-21-19-32(44,45)34(48,49)36(52,53)38(56,57)40(60,61)42(64,65)66)23-27(2)24-29(31)26-73-22-20-33(46,47)35(50,51)37(54,55)39(58,59)41(62,63)43(67,68)69/h23-24H,3-22,25-26H2,1-2H3. The molecule has 30 heteroatoms. The van der Waals surface area contributed by atoms with E-state index in [-0.39, 0.29) is 53.1 Å². The highest BCUT2D eigenvalue weighted by atomic mass is 32.2. The number of hydrogen-bond donors (Lipinski definition) is 0. The van der Waals surface area contributed by atoms with Gasteiger partial charge in [0, 0.05) is 41.9 Å². The molecule has 0 radical (unpaired) electrons. The smallest absolute Gasteiger partial charge is 0.426 e. The van der Waals surface area contributed by atoms with Crippen LogP contribution in [-0.4, -0.2) is 89.1 Å². The molecule has 0 atom stereocenters. The van der Waals surface area contributed by atoms with Crippen molar-refractivity contribution in [2.45, 2.75) is 213 Å². The van der Waals surface area contributed by atoms with E-state index >= 15 is 0 Å². The average Bonchev–Trinajstić information content (AvgIpc) is 3.24. The van der Waals surface area contributed by atoms with Crippen molar-refractivity contribution in [2.24, 2.45) is 0 Å². The quantitative estimate of drug-likeness (QED) is 0.0293. The summed E-state index contributed by atoms with van der Waals surface area (Å²) in [6.07, 6.45) is -6.94. The largest absolute Gasteiger partial charge is 0.460 e. The third-order valence-electron chi connectivity index (χ3n) is 11.2. The monoisotopic (exact) mass is 1160 g/mol. The van der Waals surface area contributed by atoms with Gasteiger partial charge in [-0.1, -0.05) is 115 Å². The Bertz CT molecular complexity index is 1740. The average molecular weight is 1160 g/mol. The number of esters is 1. The molecule has 1 rings (SSSR count). The lowest BCUT2D eigenvalue weighted by Crippen LogP contribution is -2.70. The SMILES string of the molecule is CCCCCCCCCCCCCCCCCC(=O)Oc1c(CSCCC(F)(F)C(F)(F)C(F)(F)C(F)(F)C(F)(F)C(F)(F)F)cc(C)cc1CSCCC(F)(F)C(F)(F)C(F)(F)C(F)(F)C(F)(F)C(F)(F)F. The number of carbonyl (C=O) groups excluding carboxylic acids is 1. The van der Waals surface area contributed by atoms with Gasteiger partial charge < -0.3 is 4.74 Å². The van der Waals surface area contributed by atoms with E-state index in [1.165, 1.54) is 26.2 Å². The minimum absolute atomic E-state index is 0.00657. The molecule has 0 heterocycles. The maximum atomic E-state index is 14.5. The molecule has 1 aromatic carbocycles. The van der Waals surface area contributed by atoms with Crippen LogP contribution in [0.5, 0.6) is 5.75 Å². The maximum Gasteiger partial charge on any atom is 0.460 e. The highest BCUT2D eigenvalue weighted by molar-refractivity contribution is 7.98. The van der Waals surface area contributed by atoms with Gasteiger partial charge in [-0.05, 0) is 24.9 Å². The summed E-state index contributed by atoms with van der Waals surface area (Å²) >= 11 is 0.0131. The van der Waals surface area contributed by atoms with Crippen molar-refractivity contribution in [3.05, 3.63) is 28.8 Å². The second kappa shape index (κ2) is 26.3. The Balaban J connectivity index is 3.28. The van der Waals surface area contributed by atoms with E-state index in [1.807, 2.05) is 0 Å². The van der Waals surface area contributed by atoms with Crippen molar-refractivity contribution in [1.82, 2.24) is 0 Å². The summed E-state index contributed by atoms with van der Waals surface area (Å²) in [6, 6.07) is 2.09. The summed E-state index contributed by atoms with van der Waals surface area (Å²) in [4.78, 5) is 13.0. The first kappa shape index (κ1) is 68.6. The number of carbonyl (C=O) groups is 1. The van der Waals surface area contributed by atoms with Crippen LogP contribution >= 0.6 is 23.5 Å². The highest BCUT2D eigenvalue weighted by Gasteiger charge is 2.92. The Hall–Kier alpha value is -2.43. The lowest BCUT2D eigenvalue weighted by molar-refractivity contribution is -0.439. The molecule has 0 amide bonds. The molecule has 2 nitrogen and oxygen atoms in total. The van der Waals surface area contributed by atoms with E-state index in [2.05, 4.69) is 6.92 Å². The van der Waals surface area contributed by atoms with Gasteiger partial charge in [-0.25, -0.2) is 0 Å². The second-order valence-corrected chi connectivity index (χ2v) is 19.4. The molecule has 0 bridgehead atoms. The van der Waals surface area contributed by atoms with E-state index in [9.17, 15) is 119 Å². The van der Waals surface area contributed by atoms with E-state index in [1.54, 1.807) is 0 Å². The molecule has 73 heavy (non-hydrogen) atoms. The van der Waals surface area contributed by atoms with E-state index < -0.39 is 119 Å². The summed E-state index contributed by atoms with van der Waals surface area (Å²) < 4.78 is 359. The summed E-state index contributed by atoms with van der Waals surface area (Å²) in [6.45, 7) is 3.32. The predicted octanol–water partition coefficient (Wildman–Crippen LogP) is 18.9. The van der Waals surface area contributed by atoms with Crippen molar-refractivity contribution < 1.29 is 124 Å². The summed E-state index contributed by atoms with van der Waals surface area (Å²) in [7, 11) is 0. The van der Waals surface area contributed by atoms with Gasteiger partial charge in [0.05, 0.1) is 0 Å². The Labute approximate surface area is 411 Å². The predicted molar refractivity (Wildman–Crippen MR) is 219 cm³/mol. The Morgan fingerprint density at radius 2 is 0.685 bits per heavy atom. The first-order valence-corrected chi connectivity index (χ1v) is 24.6. The summed E-state index contributed by atoms with van der Waals surface area (Å²) in [5, 5.41) is 0. The molecule has 0 saturated carbocycles. The van der Waals surface area contributed by atoms with Crippen molar-refractivity contribution in [3.63, 3.8) is 0 Å². The van der Waals surface area contributed by atoms with Gasteiger partial charge in [0.25, 0.3) is 0 Å². The summed E-state index contributed by atoms with van der Waals surface area (Å²) in [5.41, 5.74) is -0.680. The highest BCUT2D eigenvalue weighted by Crippen LogP contribution is 2.62. The van der Waals surface area contributed by atoms with Crippen LogP contribution in [0.15, 0.2) is 12.1 Å². The molecule has 0 aliphatic heterocycles. The first-order valence-electron chi connectivity index (χ1n) is 22.3. The summed E-state index contributed by atoms with van der Waals surface area (Å²) in [5.74, 6) is -82.9. The molecule has 0 fully saturated rings. The zero-order valence-electron chi connectivity index (χ0n) is 38.7. The molecule has 1 aromatic rings. The maximum absolute atomic E-state index is 14.5. The minimum Gasteiger partial charge on any atom is -0.426 e. The van der Waals surface area contributed by atoms with Crippen molar-refractivity contribution in [3.8, 4) is 5.75 Å². The number of alkyl halides is 26. The van der Waals surface area contributed by atoms with Crippen LogP contribution in [0, 0.1) is 6.92 Å². The fourth-order valence-electron chi connectivity index (χ4n) is 6.76. The number of unbranched alkanes of at least 4 members (excludes halogenated alkanes) is 14. The van der Waals surface area contributed by atoms with Crippen LogP contribution in [0.4, 0.5) is 114 Å². The molecular formula is C43H52F26O2S2. The fourth-order valence-corrected chi connectivity index (χ4v) is 8.72. The van der Waals surface area contributed by atoms with Crippen molar-refractivity contribution >= 4 is 29.5 Å². The lowest BCUT2D eigenvalue weighted by atomic mass is 9.93. The topological polar surface area (TPSA) is 26.3 Å². The molecule has 0 spiro atoms. The van der Waals surface area contributed by atoms with E-state index in [0.29, 0.717) is 12.8 Å². The van der Waals surface area contributed by atoms with Gasteiger partial charge >= 0.3 is 77.5 Å². The Morgan fingerprint density at radius 1 is 0.411 bits per heavy atom. The zero-order valence-corrected chi connectivity index (χ0v) is 40.3. The molecule has 0 saturated heterocycles. The van der Waals surface area contributed by atoms with Gasteiger partial charge in [0.15, 0.2) is 0 Å². The third kappa shape index (κ3) is 16.1. The van der Waals surface area contributed by atoms with E-state index in [4.69, 9.17) is 4.74 Å². The van der Waals surface area contributed by atoms with Crippen LogP contribution < -0.4 is 4.74 Å². The number of thioether (sulfide) groups is 2. The van der Waals surface area contributed by atoms with Crippen molar-refractivity contribution in [1.29, 1.82) is 0 Å². The third-order valence-corrected chi connectivity index (χ3v) is 13.2. The first-order chi connectivity index (χ1) is 32.9. The van der Waals surface area contributed by atoms with Gasteiger partial charge in [-0.15, -0.1) is 0 Å². The molecule has 0 aliphatic rings. The molecule has 0 N–H and O–H groups in total. The normalized spacial score (nSPS) is 14.6. The number of benzene rings is 1. The minimum atomic E-state index is -8.15. The number of hydrogen-bond acceptors (Lipinski definition) is 4. The molecule has 0 aromatic heterocycles. The van der Waals surface area contributed by atoms with E-state index in [0.717, 1.165) is 69.9 Å². The van der Waals surface area contributed by atoms with Crippen LogP contribution in [0.1, 0.15) is 139 Å². The van der Waals surface area contributed by atoms with Crippen LogP contribution in [-0.2, 0) is 16.3 Å². The number of aryl methyl sites for hydroxylation is 1. The van der Waals surface area contributed by atoms with Gasteiger partial charge in [0.1, 0.15) is 5.75 Å². The second-order valence-electron chi connectivity index (χ2n) is 17.2. The van der Waals surface area contributed by atoms with Crippen LogP contribution in [0.3, 0.4) is 0 Å². The Kier molecular flexibility index (Phi) is 24.7. The van der Waals surface area contributed by atoms with Crippen LogP contribution in [0.2, 0.25) is 0 Å². The lowest BCUT2D eigenvalue weighted by Gasteiger charge is -2.39. The molecular weight excluding hydrogens is 1110 g/mol. The Morgan fingerprint density at radius 3 is 0.973 bits per heavy atom. The van der Waals surface area contributed by atoms with Gasteiger partial charge in [0.2, 0.25) is 0 Å². The van der Waals surface area contributed by atoms with Gasteiger partial charge in [-0.2, -0.15) is 138 Å². The number of ether oxygens (including phenoxy) is 1. The molecule has 430 valence electrons. The van der Waals surface area contributed by atoms with Gasteiger partial charge in [-0.3, -0.25) is 4.79 Å². The zero-order chi connectivity index (χ0) is 57.0. The number of halogens is 26. The van der Waals surface area contributed by atoms with Crippen LogP contribution in [0.25, 0.3) is 0 Å². The molecule has 0 aliphatic carbocycles. The fraction of sp³-hybridized carbons (Fsp3) is 0.837. The van der Waals surface area contributed by atoms with Crippen molar-refractivity contribution in [2.75, 3.05) is 11.5 Å². The number of rotatable bonds is 35.